The van der Waals surface area contributed by atoms with E-state index in [9.17, 15) is 4.79 Å². The molecule has 3 rings (SSSR count). The third kappa shape index (κ3) is 3.18. The Morgan fingerprint density at radius 2 is 1.95 bits per heavy atom. The number of ether oxygens (including phenoxy) is 1. The first-order valence-electron chi connectivity index (χ1n) is 8.39. The van der Waals surface area contributed by atoms with Crippen molar-refractivity contribution in [2.75, 3.05) is 19.6 Å². The molecule has 2 heterocycles. The molecule has 4 nitrogen and oxygen atoms in total. The summed E-state index contributed by atoms with van der Waals surface area (Å²) in [4.78, 5) is 14.5. The Morgan fingerprint density at radius 3 is 2.59 bits per heavy atom. The minimum absolute atomic E-state index is 0.0680. The van der Waals surface area contributed by atoms with E-state index in [0.29, 0.717) is 12.5 Å². The number of carbonyl (C=O) groups is 1. The summed E-state index contributed by atoms with van der Waals surface area (Å²) >= 11 is 0. The normalized spacial score (nSPS) is 26.4. The van der Waals surface area contributed by atoms with Crippen molar-refractivity contribution in [2.45, 2.75) is 50.7 Å². The summed E-state index contributed by atoms with van der Waals surface area (Å²) in [5.41, 5.74) is 8.42. The Morgan fingerprint density at radius 1 is 1.23 bits per heavy atom. The Hall–Kier alpha value is -1.39. The lowest BCUT2D eigenvalue weighted by atomic mass is 9.87. The summed E-state index contributed by atoms with van der Waals surface area (Å²) < 4.78 is 5.74. The van der Waals surface area contributed by atoms with Gasteiger partial charge < -0.3 is 15.4 Å². The summed E-state index contributed by atoms with van der Waals surface area (Å²) in [7, 11) is 0. The molecule has 2 atom stereocenters. The lowest BCUT2D eigenvalue weighted by Crippen LogP contribution is -2.43. The zero-order valence-corrected chi connectivity index (χ0v) is 13.3. The van der Waals surface area contributed by atoms with Gasteiger partial charge in [-0.1, -0.05) is 24.3 Å². The summed E-state index contributed by atoms with van der Waals surface area (Å²) in [5, 5.41) is 0. The summed E-state index contributed by atoms with van der Waals surface area (Å²) in [5.74, 6) is 0.741. The second kappa shape index (κ2) is 6.80. The number of rotatable bonds is 3. The third-order valence-electron chi connectivity index (χ3n) is 5.08. The minimum Gasteiger partial charge on any atom is -0.364 e. The van der Waals surface area contributed by atoms with Gasteiger partial charge in [-0.25, -0.2) is 0 Å². The summed E-state index contributed by atoms with van der Waals surface area (Å²) in [6, 6.07) is 8.59. The number of nitrogens with zero attached hydrogens (tertiary/aromatic N) is 1. The van der Waals surface area contributed by atoms with E-state index in [2.05, 4.69) is 31.2 Å². The first-order chi connectivity index (χ1) is 10.7. The van der Waals surface area contributed by atoms with Gasteiger partial charge in [-0.15, -0.1) is 0 Å². The van der Waals surface area contributed by atoms with Crippen LogP contribution in [0, 0.1) is 6.92 Å². The molecule has 0 spiro atoms. The van der Waals surface area contributed by atoms with Gasteiger partial charge in [-0.05, 0) is 49.7 Å². The van der Waals surface area contributed by atoms with Crippen molar-refractivity contribution in [3.05, 3.63) is 35.4 Å². The SMILES string of the molecule is Cc1ccccc1C1CCN(C(=O)[C@@H]2CC[C@H](CN)O2)CC1. The fourth-order valence-corrected chi connectivity index (χ4v) is 3.72. The van der Waals surface area contributed by atoms with E-state index in [1.165, 1.54) is 11.1 Å². The molecule has 1 aromatic rings. The van der Waals surface area contributed by atoms with E-state index < -0.39 is 0 Å². The number of benzene rings is 1. The molecular formula is C18H26N2O2. The Kier molecular flexibility index (Phi) is 4.79. The monoisotopic (exact) mass is 302 g/mol. The van der Waals surface area contributed by atoms with Crippen LogP contribution in [0.15, 0.2) is 24.3 Å². The average molecular weight is 302 g/mol. The van der Waals surface area contributed by atoms with E-state index in [4.69, 9.17) is 10.5 Å². The zero-order chi connectivity index (χ0) is 15.5. The van der Waals surface area contributed by atoms with E-state index >= 15 is 0 Å². The predicted molar refractivity (Wildman–Crippen MR) is 86.7 cm³/mol. The van der Waals surface area contributed by atoms with Crippen LogP contribution in [0.1, 0.15) is 42.7 Å². The van der Waals surface area contributed by atoms with Crippen LogP contribution in [-0.2, 0) is 9.53 Å². The van der Waals surface area contributed by atoms with Crippen molar-refractivity contribution in [3.63, 3.8) is 0 Å². The summed E-state index contributed by atoms with van der Waals surface area (Å²) in [6.45, 7) is 4.36. The highest BCUT2D eigenvalue weighted by Crippen LogP contribution is 2.31. The highest BCUT2D eigenvalue weighted by Gasteiger charge is 2.34. The van der Waals surface area contributed by atoms with Crippen LogP contribution in [0.3, 0.4) is 0 Å². The molecule has 120 valence electrons. The molecule has 2 aliphatic rings. The first kappa shape index (κ1) is 15.5. The van der Waals surface area contributed by atoms with Gasteiger partial charge in [0.15, 0.2) is 0 Å². The van der Waals surface area contributed by atoms with Gasteiger partial charge in [-0.3, -0.25) is 4.79 Å². The second-order valence-corrected chi connectivity index (χ2v) is 6.52. The van der Waals surface area contributed by atoms with Crippen molar-refractivity contribution in [3.8, 4) is 0 Å². The number of hydrogen-bond acceptors (Lipinski definition) is 3. The van der Waals surface area contributed by atoms with Crippen molar-refractivity contribution < 1.29 is 9.53 Å². The van der Waals surface area contributed by atoms with Gasteiger partial charge in [0, 0.05) is 19.6 Å². The quantitative estimate of drug-likeness (QED) is 0.931. The molecule has 0 radical (unpaired) electrons. The maximum atomic E-state index is 12.5. The lowest BCUT2D eigenvalue weighted by Gasteiger charge is -2.34. The highest BCUT2D eigenvalue weighted by atomic mass is 16.5. The molecule has 2 N–H and O–H groups in total. The maximum absolute atomic E-state index is 12.5. The van der Waals surface area contributed by atoms with Gasteiger partial charge in [0.1, 0.15) is 6.10 Å². The molecule has 0 saturated carbocycles. The van der Waals surface area contributed by atoms with Crippen LogP contribution in [0.4, 0.5) is 0 Å². The van der Waals surface area contributed by atoms with Gasteiger partial charge in [-0.2, -0.15) is 0 Å². The lowest BCUT2D eigenvalue weighted by molar-refractivity contribution is -0.143. The van der Waals surface area contributed by atoms with Crippen LogP contribution in [0.5, 0.6) is 0 Å². The van der Waals surface area contributed by atoms with Gasteiger partial charge in [0.05, 0.1) is 6.10 Å². The molecule has 0 aliphatic carbocycles. The molecule has 0 aromatic heterocycles. The molecular weight excluding hydrogens is 276 g/mol. The number of likely N-dealkylation sites (tertiary alicyclic amines) is 1. The molecule has 1 aromatic carbocycles. The second-order valence-electron chi connectivity index (χ2n) is 6.52. The fraction of sp³-hybridized carbons (Fsp3) is 0.611. The molecule has 4 heteroatoms. The van der Waals surface area contributed by atoms with Crippen LogP contribution in [0.25, 0.3) is 0 Å². The molecule has 2 saturated heterocycles. The molecule has 2 aliphatic heterocycles. The Balaban J connectivity index is 1.56. The topological polar surface area (TPSA) is 55.6 Å². The zero-order valence-electron chi connectivity index (χ0n) is 13.3. The van der Waals surface area contributed by atoms with Crippen molar-refractivity contribution in [1.82, 2.24) is 4.90 Å². The Bertz CT molecular complexity index is 524. The van der Waals surface area contributed by atoms with Crippen LogP contribution >= 0.6 is 0 Å². The maximum Gasteiger partial charge on any atom is 0.251 e. The van der Waals surface area contributed by atoms with Crippen molar-refractivity contribution >= 4 is 5.91 Å². The van der Waals surface area contributed by atoms with E-state index in [-0.39, 0.29) is 18.1 Å². The van der Waals surface area contributed by atoms with E-state index in [1.807, 2.05) is 4.90 Å². The number of amides is 1. The Labute approximate surface area is 132 Å². The summed E-state index contributed by atoms with van der Waals surface area (Å²) in [6.07, 6.45) is 3.63. The number of carbonyl (C=O) groups excluding carboxylic acids is 1. The highest BCUT2D eigenvalue weighted by molar-refractivity contribution is 5.81. The number of hydrogen-bond donors (Lipinski definition) is 1. The van der Waals surface area contributed by atoms with E-state index in [1.54, 1.807) is 0 Å². The van der Waals surface area contributed by atoms with Crippen LogP contribution in [0.2, 0.25) is 0 Å². The largest absolute Gasteiger partial charge is 0.364 e. The molecule has 0 bridgehead atoms. The van der Waals surface area contributed by atoms with Crippen LogP contribution in [-0.4, -0.2) is 42.6 Å². The number of aryl methyl sites for hydroxylation is 1. The fourth-order valence-electron chi connectivity index (χ4n) is 3.72. The smallest absolute Gasteiger partial charge is 0.251 e. The van der Waals surface area contributed by atoms with Crippen LogP contribution < -0.4 is 5.73 Å². The van der Waals surface area contributed by atoms with E-state index in [0.717, 1.165) is 38.8 Å². The average Bonchev–Trinajstić information content (AvgIpc) is 3.04. The van der Waals surface area contributed by atoms with Gasteiger partial charge >= 0.3 is 0 Å². The molecule has 22 heavy (non-hydrogen) atoms. The number of nitrogens with two attached hydrogens (primary N) is 1. The number of piperidine rings is 1. The van der Waals surface area contributed by atoms with Crippen molar-refractivity contribution in [1.29, 1.82) is 0 Å². The molecule has 2 fully saturated rings. The molecule has 1 amide bonds. The molecule has 0 unspecified atom stereocenters. The van der Waals surface area contributed by atoms with Crippen molar-refractivity contribution in [2.24, 2.45) is 5.73 Å². The predicted octanol–water partition coefficient (Wildman–Crippen LogP) is 2.21. The minimum atomic E-state index is -0.261. The van der Waals surface area contributed by atoms with Gasteiger partial charge in [0.25, 0.3) is 5.91 Å². The third-order valence-corrected chi connectivity index (χ3v) is 5.08. The standard InChI is InChI=1S/C18H26N2O2/c1-13-4-2-3-5-16(13)14-8-10-20(11-9-14)18(21)17-7-6-15(12-19)22-17/h2-5,14-15,17H,6-12,19H2,1H3/t15-,17+/m1/s1. The first-order valence-corrected chi connectivity index (χ1v) is 8.39. The van der Waals surface area contributed by atoms with Gasteiger partial charge in [0.2, 0.25) is 0 Å².